The van der Waals surface area contributed by atoms with Crippen molar-refractivity contribution < 1.29 is 23.1 Å². The predicted octanol–water partition coefficient (Wildman–Crippen LogP) is 1.62. The summed E-state index contributed by atoms with van der Waals surface area (Å²) in [4.78, 5) is 10.7. The van der Waals surface area contributed by atoms with E-state index in [9.17, 15) is 18.3 Å². The van der Waals surface area contributed by atoms with Gasteiger partial charge in [-0.1, -0.05) is 12.1 Å². The van der Waals surface area contributed by atoms with Crippen LogP contribution in [-0.2, 0) is 10.0 Å². The lowest BCUT2D eigenvalue weighted by Gasteiger charge is -2.11. The number of rotatable bonds is 5. The van der Waals surface area contributed by atoms with Crippen molar-refractivity contribution in [1.82, 2.24) is 0 Å². The van der Waals surface area contributed by atoms with Gasteiger partial charge in [-0.25, -0.2) is 8.42 Å². The van der Waals surface area contributed by atoms with Crippen LogP contribution in [0.3, 0.4) is 0 Å². The molecule has 0 aliphatic carbocycles. The van der Waals surface area contributed by atoms with Gasteiger partial charge in [-0.05, 0) is 45.8 Å². The van der Waals surface area contributed by atoms with Crippen LogP contribution < -0.4 is 14.6 Å². The molecule has 2 aromatic rings. The molecule has 0 saturated heterocycles. The number of carboxylic acid groups (broad SMARTS) is 1. The minimum atomic E-state index is -3.81. The quantitative estimate of drug-likeness (QED) is 0.844. The Balaban J connectivity index is 2.29. The summed E-state index contributed by atoms with van der Waals surface area (Å²) < 4.78 is 32.6. The molecule has 22 heavy (non-hydrogen) atoms. The first-order valence-corrected chi connectivity index (χ1v) is 8.29. The van der Waals surface area contributed by atoms with E-state index in [-0.39, 0.29) is 16.1 Å². The third kappa shape index (κ3) is 3.58. The summed E-state index contributed by atoms with van der Waals surface area (Å²) in [6, 6.07) is 9.57. The highest BCUT2D eigenvalue weighted by Crippen LogP contribution is 2.28. The maximum absolute atomic E-state index is 12.3. The van der Waals surface area contributed by atoms with E-state index in [1.807, 2.05) is 0 Å². The second-order valence-electron chi connectivity index (χ2n) is 4.27. The van der Waals surface area contributed by atoms with Gasteiger partial charge >= 0.3 is 0 Å². The fourth-order valence-electron chi connectivity index (χ4n) is 1.70. The van der Waals surface area contributed by atoms with Crippen molar-refractivity contribution >= 4 is 37.6 Å². The average Bonchev–Trinajstić information content (AvgIpc) is 2.47. The zero-order valence-corrected chi connectivity index (χ0v) is 13.8. The number of methoxy groups -OCH3 is 1. The van der Waals surface area contributed by atoms with Crippen LogP contribution in [0.25, 0.3) is 0 Å². The van der Waals surface area contributed by atoms with E-state index >= 15 is 0 Å². The fourth-order valence-corrected chi connectivity index (χ4v) is 3.18. The molecule has 0 radical (unpaired) electrons. The maximum atomic E-state index is 12.3. The zero-order chi connectivity index (χ0) is 16.3. The van der Waals surface area contributed by atoms with Gasteiger partial charge in [-0.2, -0.15) is 0 Å². The molecule has 0 unspecified atom stereocenters. The molecule has 0 spiro atoms. The summed E-state index contributed by atoms with van der Waals surface area (Å²) in [5, 5.41) is 10.7. The van der Waals surface area contributed by atoms with Crippen molar-refractivity contribution in [2.24, 2.45) is 0 Å². The van der Waals surface area contributed by atoms with Gasteiger partial charge in [0.05, 0.1) is 22.4 Å². The van der Waals surface area contributed by atoms with Crippen molar-refractivity contribution in [2.75, 3.05) is 11.8 Å². The summed E-state index contributed by atoms with van der Waals surface area (Å²) in [6.45, 7) is 0. The Hall–Kier alpha value is -2.06. The largest absolute Gasteiger partial charge is 0.545 e. The third-order valence-electron chi connectivity index (χ3n) is 2.81. The lowest BCUT2D eigenvalue weighted by Crippen LogP contribution is -2.22. The van der Waals surface area contributed by atoms with E-state index < -0.39 is 16.0 Å². The fraction of sp³-hybridized carbons (Fsp3) is 0.0714. The smallest absolute Gasteiger partial charge is 0.262 e. The van der Waals surface area contributed by atoms with Crippen LogP contribution in [0.2, 0.25) is 0 Å². The topological polar surface area (TPSA) is 95.5 Å². The van der Waals surface area contributed by atoms with Gasteiger partial charge in [0.2, 0.25) is 0 Å². The Morgan fingerprint density at radius 1 is 1.18 bits per heavy atom. The SMILES string of the molecule is COc1cc(S(=O)(=O)Nc2ccc(C(=O)[O-])cc2)ccc1Br. The van der Waals surface area contributed by atoms with Crippen LogP contribution in [-0.4, -0.2) is 21.5 Å². The number of halogens is 1. The number of ether oxygens (including phenoxy) is 1. The van der Waals surface area contributed by atoms with E-state index in [0.717, 1.165) is 0 Å². The number of carbonyl (C=O) groups excluding carboxylic acids is 1. The Kier molecular flexibility index (Phi) is 4.72. The average molecular weight is 385 g/mol. The van der Waals surface area contributed by atoms with Crippen LogP contribution in [0.4, 0.5) is 5.69 Å². The normalized spacial score (nSPS) is 11.0. The molecule has 0 bridgehead atoms. The number of sulfonamides is 1. The highest BCUT2D eigenvalue weighted by Gasteiger charge is 2.16. The lowest BCUT2D eigenvalue weighted by atomic mass is 10.2. The predicted molar refractivity (Wildman–Crippen MR) is 82.3 cm³/mol. The number of carboxylic acids is 1. The minimum Gasteiger partial charge on any atom is -0.545 e. The second kappa shape index (κ2) is 6.37. The van der Waals surface area contributed by atoms with Crippen LogP contribution in [0.1, 0.15) is 10.4 Å². The van der Waals surface area contributed by atoms with Crippen LogP contribution >= 0.6 is 15.9 Å². The van der Waals surface area contributed by atoms with E-state index in [0.29, 0.717) is 10.2 Å². The summed E-state index contributed by atoms with van der Waals surface area (Å²) in [6.07, 6.45) is 0. The monoisotopic (exact) mass is 384 g/mol. The van der Waals surface area contributed by atoms with Gasteiger partial charge in [0.25, 0.3) is 10.0 Å². The van der Waals surface area contributed by atoms with Crippen molar-refractivity contribution in [1.29, 1.82) is 0 Å². The van der Waals surface area contributed by atoms with Gasteiger partial charge in [-0.3, -0.25) is 4.72 Å². The molecular weight excluding hydrogens is 374 g/mol. The van der Waals surface area contributed by atoms with Crippen LogP contribution in [0, 0.1) is 0 Å². The van der Waals surface area contributed by atoms with Crippen molar-refractivity contribution in [3.8, 4) is 5.75 Å². The molecule has 0 amide bonds. The summed E-state index contributed by atoms with van der Waals surface area (Å²) in [5.41, 5.74) is 0.208. The molecule has 1 N–H and O–H groups in total. The molecule has 0 aliphatic rings. The first kappa shape index (κ1) is 16.3. The molecule has 116 valence electrons. The molecular formula is C14H11BrNO5S-. The number of carbonyl (C=O) groups is 1. The maximum Gasteiger partial charge on any atom is 0.262 e. The van der Waals surface area contributed by atoms with Gasteiger partial charge in [0.15, 0.2) is 0 Å². The van der Waals surface area contributed by atoms with E-state index in [1.54, 1.807) is 6.07 Å². The number of hydrogen-bond donors (Lipinski definition) is 1. The Bertz CT molecular complexity index is 802. The highest BCUT2D eigenvalue weighted by molar-refractivity contribution is 9.10. The zero-order valence-electron chi connectivity index (χ0n) is 11.4. The molecule has 0 aliphatic heterocycles. The number of nitrogens with one attached hydrogen (secondary N) is 1. The van der Waals surface area contributed by atoms with Crippen LogP contribution in [0.15, 0.2) is 51.8 Å². The molecule has 0 aromatic heterocycles. The summed E-state index contributed by atoms with van der Waals surface area (Å²) >= 11 is 3.24. The van der Waals surface area contributed by atoms with Gasteiger partial charge in [-0.15, -0.1) is 0 Å². The van der Waals surface area contributed by atoms with E-state index in [4.69, 9.17) is 4.74 Å². The third-order valence-corrected chi connectivity index (χ3v) is 4.84. The number of hydrogen-bond acceptors (Lipinski definition) is 5. The first-order valence-electron chi connectivity index (χ1n) is 6.01. The lowest BCUT2D eigenvalue weighted by molar-refractivity contribution is -0.255. The number of anilines is 1. The molecule has 2 aromatic carbocycles. The Labute approximate surface area is 135 Å². The number of benzene rings is 2. The molecule has 8 heteroatoms. The van der Waals surface area contributed by atoms with E-state index in [2.05, 4.69) is 20.7 Å². The van der Waals surface area contributed by atoms with Gasteiger partial charge in [0.1, 0.15) is 5.75 Å². The Morgan fingerprint density at radius 2 is 1.82 bits per heavy atom. The molecule has 6 nitrogen and oxygen atoms in total. The molecule has 0 saturated carbocycles. The summed E-state index contributed by atoms with van der Waals surface area (Å²) in [5.74, 6) is -0.942. The van der Waals surface area contributed by atoms with E-state index in [1.165, 1.54) is 43.5 Å². The minimum absolute atomic E-state index is 0.0246. The second-order valence-corrected chi connectivity index (χ2v) is 6.80. The Morgan fingerprint density at radius 3 is 2.36 bits per heavy atom. The number of aromatic carboxylic acids is 1. The van der Waals surface area contributed by atoms with Crippen molar-refractivity contribution in [3.63, 3.8) is 0 Å². The van der Waals surface area contributed by atoms with Gasteiger partial charge < -0.3 is 14.6 Å². The molecule has 2 rings (SSSR count). The highest BCUT2D eigenvalue weighted by atomic mass is 79.9. The van der Waals surface area contributed by atoms with Crippen molar-refractivity contribution in [2.45, 2.75) is 4.90 Å². The van der Waals surface area contributed by atoms with Gasteiger partial charge in [0, 0.05) is 11.8 Å². The van der Waals surface area contributed by atoms with Crippen LogP contribution in [0.5, 0.6) is 5.75 Å². The standard InChI is InChI=1S/C14H12BrNO5S/c1-21-13-8-11(6-7-12(13)15)22(19,20)16-10-4-2-9(3-5-10)14(17)18/h2-8,16H,1H3,(H,17,18)/p-1. The molecule has 0 fully saturated rings. The first-order chi connectivity index (χ1) is 10.3. The summed E-state index contributed by atoms with van der Waals surface area (Å²) in [7, 11) is -2.38. The molecule has 0 atom stereocenters. The van der Waals surface area contributed by atoms with Crippen molar-refractivity contribution in [3.05, 3.63) is 52.5 Å². The molecule has 0 heterocycles.